The lowest BCUT2D eigenvalue weighted by molar-refractivity contribution is -0.153. The summed E-state index contributed by atoms with van der Waals surface area (Å²) >= 11 is 0. The van der Waals surface area contributed by atoms with Crippen LogP contribution in [0.15, 0.2) is 47.2 Å². The van der Waals surface area contributed by atoms with E-state index in [9.17, 15) is 9.90 Å². The predicted molar refractivity (Wildman–Crippen MR) is 137 cm³/mol. The van der Waals surface area contributed by atoms with Crippen molar-refractivity contribution < 1.29 is 18.8 Å². The van der Waals surface area contributed by atoms with Crippen molar-refractivity contribution >= 4 is 5.91 Å². The van der Waals surface area contributed by atoms with Crippen LogP contribution in [0.5, 0.6) is 0 Å². The lowest BCUT2D eigenvalue weighted by Gasteiger charge is -2.52. The number of aromatic nitrogens is 3. The molecule has 2 saturated heterocycles. The summed E-state index contributed by atoms with van der Waals surface area (Å²) in [6.45, 7) is 7.29. The minimum atomic E-state index is -1.90. The van der Waals surface area contributed by atoms with Gasteiger partial charge in [0.05, 0.1) is 0 Å². The highest BCUT2D eigenvalue weighted by Gasteiger charge is 2.59. The molecule has 196 valence electrons. The fraction of sp³-hybridized carbons (Fsp3) is 0.500. The van der Waals surface area contributed by atoms with E-state index < -0.39 is 11.3 Å². The molecular weight excluding hydrogens is 473 g/mol. The monoisotopic (exact) mass is 507 g/mol. The molecule has 0 bridgehead atoms. The van der Waals surface area contributed by atoms with E-state index in [2.05, 4.69) is 29.0 Å². The molecule has 0 radical (unpaired) electrons. The average Bonchev–Trinajstić information content (AvgIpc) is 3.38. The molecule has 1 N–H and O–H groups in total. The molecule has 1 aromatic carbocycles. The second kappa shape index (κ2) is 9.61. The average molecular weight is 508 g/mol. The van der Waals surface area contributed by atoms with Crippen molar-refractivity contribution in [2.75, 3.05) is 33.2 Å². The molecule has 3 aromatic rings. The van der Waals surface area contributed by atoms with Crippen molar-refractivity contribution in [2.24, 2.45) is 0 Å². The second-order valence-electron chi connectivity index (χ2n) is 10.8. The summed E-state index contributed by atoms with van der Waals surface area (Å²) in [7, 11) is 1.83. The first kappa shape index (κ1) is 25.5. The third-order valence-corrected chi connectivity index (χ3v) is 7.83. The molecular formula is C28H34FN5O3. The fourth-order valence-electron chi connectivity index (χ4n) is 5.55. The van der Waals surface area contributed by atoms with E-state index in [4.69, 9.17) is 4.52 Å². The fourth-order valence-corrected chi connectivity index (χ4v) is 5.55. The molecule has 5 rings (SSSR count). The van der Waals surface area contributed by atoms with Gasteiger partial charge in [0.25, 0.3) is 0 Å². The summed E-state index contributed by atoms with van der Waals surface area (Å²) in [5, 5.41) is 16.3. The van der Waals surface area contributed by atoms with Crippen LogP contribution < -0.4 is 0 Å². The van der Waals surface area contributed by atoms with Crippen LogP contribution in [-0.4, -0.2) is 74.8 Å². The van der Waals surface area contributed by atoms with Crippen LogP contribution in [0.2, 0.25) is 0 Å². The molecule has 9 heteroatoms. The first-order valence-electron chi connectivity index (χ1n) is 12.9. The number of amides is 1. The summed E-state index contributed by atoms with van der Waals surface area (Å²) in [5.74, 6) is 1.33. The molecule has 2 aromatic heterocycles. The van der Waals surface area contributed by atoms with Gasteiger partial charge in [0.1, 0.15) is 0 Å². The first-order valence-corrected chi connectivity index (χ1v) is 12.9. The van der Waals surface area contributed by atoms with Gasteiger partial charge in [-0.05, 0) is 43.0 Å². The van der Waals surface area contributed by atoms with Crippen LogP contribution in [-0.2, 0) is 10.4 Å². The van der Waals surface area contributed by atoms with Gasteiger partial charge < -0.3 is 14.5 Å². The number of hydrogen-bond donors (Lipinski definition) is 1. The minimum absolute atomic E-state index is 0.0715. The number of piperidine rings is 1. The molecule has 2 aliphatic heterocycles. The molecule has 0 spiro atoms. The van der Waals surface area contributed by atoms with Crippen LogP contribution in [0.3, 0.4) is 0 Å². The quantitative estimate of drug-likeness (QED) is 0.541. The molecule has 1 atom stereocenters. The maximum absolute atomic E-state index is 16.3. The molecule has 4 heterocycles. The zero-order valence-corrected chi connectivity index (χ0v) is 21.8. The lowest BCUT2D eigenvalue weighted by atomic mass is 9.70. The molecule has 2 aliphatic rings. The number of aliphatic hydroxyl groups is 1. The zero-order valence-electron chi connectivity index (χ0n) is 21.8. The highest BCUT2D eigenvalue weighted by Crippen LogP contribution is 2.47. The largest absolute Gasteiger partial charge is 0.377 e. The summed E-state index contributed by atoms with van der Waals surface area (Å²) in [4.78, 5) is 24.2. The highest BCUT2D eigenvalue weighted by molar-refractivity contribution is 5.73. The number of pyridine rings is 1. The van der Waals surface area contributed by atoms with E-state index in [1.54, 1.807) is 19.2 Å². The summed E-state index contributed by atoms with van der Waals surface area (Å²) in [5.41, 5.74) is -1.29. The number of nitrogens with zero attached hydrogens (tertiary/aromatic N) is 5. The first-order chi connectivity index (χ1) is 17.6. The Morgan fingerprint density at radius 2 is 1.84 bits per heavy atom. The van der Waals surface area contributed by atoms with Crippen molar-refractivity contribution in [1.82, 2.24) is 24.9 Å². The number of likely N-dealkylation sites (tertiary alicyclic amines) is 2. The van der Waals surface area contributed by atoms with Gasteiger partial charge in [0.2, 0.25) is 17.6 Å². The van der Waals surface area contributed by atoms with Crippen molar-refractivity contribution in [1.29, 1.82) is 0 Å². The van der Waals surface area contributed by atoms with Gasteiger partial charge in [0.15, 0.2) is 11.3 Å². The van der Waals surface area contributed by atoms with Crippen LogP contribution >= 0.6 is 0 Å². The Bertz CT molecular complexity index is 1260. The van der Waals surface area contributed by atoms with E-state index in [1.165, 1.54) is 6.20 Å². The lowest BCUT2D eigenvalue weighted by Crippen LogP contribution is -2.68. The number of rotatable bonds is 6. The maximum atomic E-state index is 16.3. The predicted octanol–water partition coefficient (Wildman–Crippen LogP) is 3.87. The highest BCUT2D eigenvalue weighted by atomic mass is 19.1. The zero-order chi connectivity index (χ0) is 26.4. The Balaban J connectivity index is 1.46. The summed E-state index contributed by atoms with van der Waals surface area (Å²) in [6.07, 6.45) is 4.61. The number of halogens is 1. The maximum Gasteiger partial charge on any atom is 0.230 e. The molecule has 1 amide bonds. The van der Waals surface area contributed by atoms with Crippen LogP contribution in [0.4, 0.5) is 4.39 Å². The molecule has 1 unspecified atom stereocenters. The Labute approximate surface area is 216 Å². The van der Waals surface area contributed by atoms with E-state index in [1.807, 2.05) is 41.1 Å². The summed E-state index contributed by atoms with van der Waals surface area (Å²) in [6, 6.07) is 9.20. The normalized spacial score (nSPS) is 20.0. The van der Waals surface area contributed by atoms with Gasteiger partial charge in [0, 0.05) is 62.5 Å². The summed E-state index contributed by atoms with van der Waals surface area (Å²) < 4.78 is 21.9. The smallest absolute Gasteiger partial charge is 0.230 e. The third kappa shape index (κ3) is 4.55. The van der Waals surface area contributed by atoms with Gasteiger partial charge in [-0.1, -0.05) is 43.3 Å². The Kier molecular flexibility index (Phi) is 6.62. The van der Waals surface area contributed by atoms with Crippen molar-refractivity contribution in [2.45, 2.75) is 56.7 Å². The second-order valence-corrected chi connectivity index (χ2v) is 10.8. The van der Waals surface area contributed by atoms with Crippen molar-refractivity contribution in [3.05, 3.63) is 65.3 Å². The van der Waals surface area contributed by atoms with Crippen molar-refractivity contribution in [3.63, 3.8) is 0 Å². The number of hydrogen-bond acceptors (Lipinski definition) is 7. The van der Waals surface area contributed by atoms with Gasteiger partial charge in [-0.2, -0.15) is 4.98 Å². The third-order valence-electron chi connectivity index (χ3n) is 7.83. The van der Waals surface area contributed by atoms with E-state index in [0.29, 0.717) is 47.4 Å². The number of carbonyl (C=O) groups excluding carboxylic acids is 1. The van der Waals surface area contributed by atoms with Crippen molar-refractivity contribution in [3.8, 4) is 11.4 Å². The number of benzene rings is 1. The molecule has 8 nitrogen and oxygen atoms in total. The number of carbonyl (C=O) groups is 1. The van der Waals surface area contributed by atoms with E-state index in [0.717, 1.165) is 18.4 Å². The molecule has 0 aliphatic carbocycles. The number of alkyl halides is 1. The van der Waals surface area contributed by atoms with Gasteiger partial charge >= 0.3 is 0 Å². The van der Waals surface area contributed by atoms with Gasteiger partial charge in [-0.15, -0.1) is 0 Å². The van der Waals surface area contributed by atoms with Crippen LogP contribution in [0.25, 0.3) is 11.4 Å². The molecule has 0 saturated carbocycles. The van der Waals surface area contributed by atoms with Crippen LogP contribution in [0, 0.1) is 0 Å². The Hall–Kier alpha value is -3.17. The SMILES string of the molecule is CC(=O)N1CCC(c2nc(-c3cncc(C(O)(c4ccc(C(C)C)cc4)C4(F)CN(C)C4)c3)no2)CC1. The van der Waals surface area contributed by atoms with Crippen LogP contribution in [0.1, 0.15) is 68.0 Å². The Morgan fingerprint density at radius 1 is 1.16 bits per heavy atom. The van der Waals surface area contributed by atoms with Gasteiger partial charge in [-0.3, -0.25) is 14.7 Å². The van der Waals surface area contributed by atoms with Gasteiger partial charge in [-0.25, -0.2) is 4.39 Å². The Morgan fingerprint density at radius 3 is 2.43 bits per heavy atom. The topological polar surface area (TPSA) is 95.6 Å². The minimum Gasteiger partial charge on any atom is -0.377 e. The van der Waals surface area contributed by atoms with E-state index in [-0.39, 0.29) is 24.9 Å². The molecule has 2 fully saturated rings. The standard InChI is InChI=1S/C28H34FN5O3/c1-18(2)20-5-7-23(8-6-20)28(36,27(29)16-33(4)17-27)24-13-22(14-30-15-24)25-31-26(37-32-25)21-9-11-34(12-10-21)19(3)35/h5-8,13-15,18,21,36H,9-12,16-17H2,1-4H3. The van der Waals surface area contributed by atoms with E-state index >= 15 is 4.39 Å². The molecule has 37 heavy (non-hydrogen) atoms.